The van der Waals surface area contributed by atoms with Crippen molar-refractivity contribution in [2.24, 2.45) is 17.2 Å². The third-order valence-electron chi connectivity index (χ3n) is 5.07. The monoisotopic (exact) mass is 457 g/mol. The SMILES string of the molecule is Nc1cc[n+]([C@@H]2CS[C@H](COC(=O)CCCCCCCCCCC(N)(N)N)O2)c(=O)[nH]1. The number of nitrogens with one attached hydrogen (secondary N) is 1. The number of nitrogens with zero attached hydrogens (tertiary/aromatic N) is 1. The molecule has 0 radical (unpaired) electrons. The normalized spacial score (nSPS) is 18.9. The number of H-pyrrole nitrogens is 1. The van der Waals surface area contributed by atoms with Crippen molar-refractivity contribution in [1.29, 1.82) is 0 Å². The Hall–Kier alpha value is -1.66. The number of thioether (sulfide) groups is 1. The molecule has 176 valence electrons. The van der Waals surface area contributed by atoms with Gasteiger partial charge >= 0.3 is 11.7 Å². The number of hydrogen-bond acceptors (Lipinski definition) is 9. The Balaban J connectivity index is 1.47. The Morgan fingerprint density at radius 2 is 1.81 bits per heavy atom. The molecule has 2 heterocycles. The summed E-state index contributed by atoms with van der Waals surface area (Å²) < 4.78 is 12.6. The average molecular weight is 458 g/mol. The summed E-state index contributed by atoms with van der Waals surface area (Å²) in [4.78, 5) is 26.4. The number of carbonyl (C=O) groups is 1. The van der Waals surface area contributed by atoms with Crippen LogP contribution in [-0.2, 0) is 14.3 Å². The molecule has 0 bridgehead atoms. The molecule has 1 fully saturated rings. The number of nitrogens with two attached hydrogens (primary N) is 4. The van der Waals surface area contributed by atoms with Crippen molar-refractivity contribution < 1.29 is 18.8 Å². The number of ether oxygens (including phenoxy) is 2. The van der Waals surface area contributed by atoms with Gasteiger partial charge in [0.05, 0.1) is 5.75 Å². The van der Waals surface area contributed by atoms with E-state index < -0.39 is 12.0 Å². The lowest BCUT2D eigenvalue weighted by molar-refractivity contribution is -0.770. The molecule has 0 amide bonds. The highest BCUT2D eigenvalue weighted by Gasteiger charge is 2.32. The van der Waals surface area contributed by atoms with Crippen LogP contribution in [0.25, 0.3) is 0 Å². The van der Waals surface area contributed by atoms with Gasteiger partial charge in [-0.2, -0.15) is 14.3 Å². The number of esters is 1. The zero-order chi connectivity index (χ0) is 22.7. The number of hydrogen-bond donors (Lipinski definition) is 5. The standard InChI is InChI=1S/C20H36N6O4S/c21-15-10-12-26(19(28)25-15)16-14-31-18(30-16)13-29-17(27)9-7-5-3-1-2-4-6-8-11-20(22,23)24/h10,12,16,18H,1-9,11,13-14,22-24H2,(H2,21,25,28)/p+1/t16-,18+/m0/s1. The first kappa shape index (κ1) is 25.6. The fourth-order valence-corrected chi connectivity index (χ4v) is 4.35. The van der Waals surface area contributed by atoms with E-state index in [1.54, 1.807) is 12.3 Å². The number of unbranched alkanes of at least 4 members (excludes halogenated alkanes) is 7. The van der Waals surface area contributed by atoms with Crippen LogP contribution in [0.2, 0.25) is 0 Å². The Morgan fingerprint density at radius 3 is 2.45 bits per heavy atom. The summed E-state index contributed by atoms with van der Waals surface area (Å²) >= 11 is 1.52. The summed E-state index contributed by atoms with van der Waals surface area (Å²) in [5.41, 5.74) is 21.6. The molecule has 1 saturated heterocycles. The van der Waals surface area contributed by atoms with Crippen LogP contribution in [0.5, 0.6) is 0 Å². The molecule has 2 atom stereocenters. The molecule has 10 nitrogen and oxygen atoms in total. The zero-order valence-corrected chi connectivity index (χ0v) is 18.9. The lowest BCUT2D eigenvalue weighted by Crippen LogP contribution is -2.57. The van der Waals surface area contributed by atoms with Gasteiger partial charge in [-0.1, -0.05) is 38.5 Å². The van der Waals surface area contributed by atoms with Gasteiger partial charge in [0.25, 0.3) is 0 Å². The third kappa shape index (κ3) is 10.5. The molecular weight excluding hydrogens is 420 g/mol. The largest absolute Gasteiger partial charge is 0.499 e. The molecule has 2 rings (SSSR count). The van der Waals surface area contributed by atoms with E-state index in [4.69, 9.17) is 32.4 Å². The highest BCUT2D eigenvalue weighted by Crippen LogP contribution is 2.28. The first-order valence-corrected chi connectivity index (χ1v) is 12.0. The van der Waals surface area contributed by atoms with Crippen LogP contribution in [0, 0.1) is 0 Å². The summed E-state index contributed by atoms with van der Waals surface area (Å²) in [6.07, 6.45) is 10.7. The van der Waals surface area contributed by atoms with Gasteiger partial charge < -0.3 is 32.4 Å². The quantitative estimate of drug-likeness (QED) is 0.117. The van der Waals surface area contributed by atoms with Gasteiger partial charge in [-0.3, -0.25) is 4.79 Å². The molecule has 9 N–H and O–H groups in total. The van der Waals surface area contributed by atoms with Gasteiger partial charge in [-0.25, -0.2) is 0 Å². The lowest BCUT2D eigenvalue weighted by atomic mass is 10.1. The number of aromatic nitrogens is 2. The average Bonchev–Trinajstić information content (AvgIpc) is 3.15. The lowest BCUT2D eigenvalue weighted by Gasteiger charge is -2.17. The molecule has 0 aromatic carbocycles. The molecule has 0 aliphatic carbocycles. The number of carbonyl (C=O) groups excluding carboxylic acids is 1. The number of aromatic amines is 1. The Morgan fingerprint density at radius 1 is 1.16 bits per heavy atom. The molecule has 0 spiro atoms. The number of nitrogen functional groups attached to an aromatic ring is 1. The minimum absolute atomic E-state index is 0.184. The van der Waals surface area contributed by atoms with Crippen molar-refractivity contribution in [3.8, 4) is 0 Å². The van der Waals surface area contributed by atoms with Crippen molar-refractivity contribution in [1.82, 2.24) is 4.98 Å². The van der Waals surface area contributed by atoms with Crippen molar-refractivity contribution in [3.63, 3.8) is 0 Å². The first-order valence-electron chi connectivity index (χ1n) is 10.9. The fourth-order valence-electron chi connectivity index (χ4n) is 3.36. The van der Waals surface area contributed by atoms with Crippen molar-refractivity contribution in [2.75, 3.05) is 18.1 Å². The predicted octanol–water partition coefficient (Wildman–Crippen LogP) is 0.807. The Labute approximate surface area is 187 Å². The Kier molecular flexibility index (Phi) is 10.7. The van der Waals surface area contributed by atoms with Gasteiger partial charge in [-0.05, 0) is 19.3 Å². The molecule has 0 saturated carbocycles. The van der Waals surface area contributed by atoms with E-state index in [1.165, 1.54) is 22.7 Å². The van der Waals surface area contributed by atoms with Gasteiger partial charge in [0.2, 0.25) is 6.23 Å². The summed E-state index contributed by atoms with van der Waals surface area (Å²) in [5.74, 6) is -0.353. The van der Waals surface area contributed by atoms with Crippen LogP contribution >= 0.6 is 11.8 Å². The minimum atomic E-state index is -1.05. The van der Waals surface area contributed by atoms with Crippen LogP contribution in [0.3, 0.4) is 0 Å². The molecule has 1 aliphatic rings. The first-order chi connectivity index (χ1) is 14.7. The highest BCUT2D eigenvalue weighted by molar-refractivity contribution is 8.00. The highest BCUT2D eigenvalue weighted by atomic mass is 32.2. The van der Waals surface area contributed by atoms with E-state index in [2.05, 4.69) is 4.98 Å². The van der Waals surface area contributed by atoms with Crippen LogP contribution in [0.4, 0.5) is 5.82 Å². The molecule has 1 aliphatic heterocycles. The van der Waals surface area contributed by atoms with Crippen LogP contribution in [-0.4, -0.2) is 34.5 Å². The van der Waals surface area contributed by atoms with Gasteiger partial charge in [0.15, 0.2) is 5.82 Å². The predicted molar refractivity (Wildman–Crippen MR) is 120 cm³/mol. The van der Waals surface area contributed by atoms with Gasteiger partial charge in [0, 0.05) is 12.5 Å². The van der Waals surface area contributed by atoms with E-state index in [9.17, 15) is 9.59 Å². The van der Waals surface area contributed by atoms with E-state index >= 15 is 0 Å². The second-order valence-electron chi connectivity index (χ2n) is 8.09. The Bertz CT molecular complexity index is 739. The van der Waals surface area contributed by atoms with Crippen molar-refractivity contribution in [3.05, 3.63) is 22.7 Å². The second kappa shape index (κ2) is 13.0. The molecule has 1 aromatic heterocycles. The second-order valence-corrected chi connectivity index (χ2v) is 9.28. The van der Waals surface area contributed by atoms with E-state index in [1.807, 2.05) is 0 Å². The summed E-state index contributed by atoms with van der Waals surface area (Å²) in [5, 5.41) is 0. The number of anilines is 1. The fraction of sp³-hybridized carbons (Fsp3) is 0.750. The minimum Gasteiger partial charge on any atom is -0.462 e. The van der Waals surface area contributed by atoms with Gasteiger partial charge in [-0.15, -0.1) is 11.8 Å². The van der Waals surface area contributed by atoms with Crippen molar-refractivity contribution in [2.45, 2.75) is 81.7 Å². The maximum Gasteiger partial charge on any atom is 0.499 e. The molecule has 0 unspecified atom stereocenters. The van der Waals surface area contributed by atoms with Crippen molar-refractivity contribution >= 4 is 23.5 Å². The maximum atomic E-state index is 11.9. The van der Waals surface area contributed by atoms with Gasteiger partial charge in [0.1, 0.15) is 24.0 Å². The summed E-state index contributed by atoms with van der Waals surface area (Å²) in [6, 6.07) is 1.61. The maximum absolute atomic E-state index is 11.9. The van der Waals surface area contributed by atoms with E-state index in [0.717, 1.165) is 44.9 Å². The summed E-state index contributed by atoms with van der Waals surface area (Å²) in [6.45, 7) is 0.184. The molecule has 11 heteroatoms. The van der Waals surface area contributed by atoms with Crippen LogP contribution in [0.15, 0.2) is 17.1 Å². The zero-order valence-electron chi connectivity index (χ0n) is 18.1. The molecular formula is C20H37N6O4S+. The van der Waals surface area contributed by atoms with Crippen LogP contribution in [0.1, 0.15) is 70.4 Å². The molecule has 1 aromatic rings. The summed E-state index contributed by atoms with van der Waals surface area (Å²) in [7, 11) is 0. The third-order valence-corrected chi connectivity index (χ3v) is 6.16. The molecule has 31 heavy (non-hydrogen) atoms. The number of rotatable bonds is 14. The van der Waals surface area contributed by atoms with E-state index in [0.29, 0.717) is 24.4 Å². The van der Waals surface area contributed by atoms with E-state index in [-0.39, 0.29) is 23.7 Å². The van der Waals surface area contributed by atoms with Crippen LogP contribution < -0.4 is 33.2 Å². The topological polar surface area (TPSA) is 176 Å². The smallest absolute Gasteiger partial charge is 0.462 e.